The zero-order valence-corrected chi connectivity index (χ0v) is 11.9. The number of carbonyl (C=O) groups is 1. The Hall–Kier alpha value is -1.14. The van der Waals surface area contributed by atoms with Gasteiger partial charge in [-0.15, -0.1) is 0 Å². The summed E-state index contributed by atoms with van der Waals surface area (Å²) in [5, 5.41) is 0. The standard InChI is InChI=1S/C12H17BNO5P/c13-5-6-18-9-20(16,17)19-12-3-1-10(2-4-12)7-11(14)8-15/h1-4,8,11H,5-7,9,14H2,(H,16,17). The normalized spacial score (nSPS) is 15.3. The van der Waals surface area contributed by atoms with Crippen molar-refractivity contribution >= 4 is 21.7 Å². The van der Waals surface area contributed by atoms with E-state index in [9.17, 15) is 14.3 Å². The van der Waals surface area contributed by atoms with Gasteiger partial charge in [0.2, 0.25) is 0 Å². The summed E-state index contributed by atoms with van der Waals surface area (Å²) in [5.41, 5.74) is 6.34. The molecule has 1 aromatic carbocycles. The minimum absolute atomic E-state index is 0.191. The van der Waals surface area contributed by atoms with Crippen LogP contribution < -0.4 is 10.3 Å². The van der Waals surface area contributed by atoms with E-state index < -0.39 is 20.0 Å². The summed E-state index contributed by atoms with van der Waals surface area (Å²) >= 11 is 0. The summed E-state index contributed by atoms with van der Waals surface area (Å²) in [6.45, 7) is 0.191. The number of ether oxygens (including phenoxy) is 1. The van der Waals surface area contributed by atoms with E-state index in [0.29, 0.717) is 12.7 Å². The molecule has 8 heteroatoms. The Labute approximate surface area is 119 Å². The maximum Gasteiger partial charge on any atom is 0.402 e. The molecule has 0 amide bonds. The minimum Gasteiger partial charge on any atom is -0.423 e. The lowest BCUT2D eigenvalue weighted by atomic mass is 10.1. The third-order valence-electron chi connectivity index (χ3n) is 2.33. The van der Waals surface area contributed by atoms with Gasteiger partial charge in [-0.25, -0.2) is 4.57 Å². The quantitative estimate of drug-likeness (QED) is 0.304. The topological polar surface area (TPSA) is 98.8 Å². The summed E-state index contributed by atoms with van der Waals surface area (Å²) in [6, 6.07) is 5.88. The number of hydrogen-bond acceptors (Lipinski definition) is 5. The van der Waals surface area contributed by atoms with Crippen LogP contribution in [-0.4, -0.2) is 38.0 Å². The van der Waals surface area contributed by atoms with E-state index in [-0.39, 0.29) is 18.7 Å². The molecule has 2 radical (unpaired) electrons. The van der Waals surface area contributed by atoms with Crippen molar-refractivity contribution in [1.29, 1.82) is 0 Å². The first-order chi connectivity index (χ1) is 9.46. The first-order valence-corrected chi connectivity index (χ1v) is 7.82. The van der Waals surface area contributed by atoms with Crippen LogP contribution in [0.3, 0.4) is 0 Å². The molecule has 0 aliphatic rings. The van der Waals surface area contributed by atoms with Gasteiger partial charge >= 0.3 is 7.60 Å². The average molecular weight is 297 g/mol. The molecule has 0 saturated heterocycles. The van der Waals surface area contributed by atoms with Gasteiger partial charge in [-0.05, 0) is 24.1 Å². The largest absolute Gasteiger partial charge is 0.423 e. The van der Waals surface area contributed by atoms with Gasteiger partial charge < -0.3 is 24.7 Å². The van der Waals surface area contributed by atoms with E-state index in [4.69, 9.17) is 22.8 Å². The molecule has 1 aromatic rings. The van der Waals surface area contributed by atoms with Crippen molar-refractivity contribution in [1.82, 2.24) is 0 Å². The summed E-state index contributed by atoms with van der Waals surface area (Å²) in [6.07, 6.45) is 0.926. The van der Waals surface area contributed by atoms with Gasteiger partial charge in [-0.2, -0.15) is 0 Å². The molecule has 0 fully saturated rings. The average Bonchev–Trinajstić information content (AvgIpc) is 2.40. The molecule has 3 N–H and O–H groups in total. The van der Waals surface area contributed by atoms with Crippen molar-refractivity contribution in [2.45, 2.75) is 18.8 Å². The van der Waals surface area contributed by atoms with Gasteiger partial charge in [0.05, 0.1) is 13.9 Å². The van der Waals surface area contributed by atoms with Gasteiger partial charge in [0.1, 0.15) is 12.0 Å². The highest BCUT2D eigenvalue weighted by molar-refractivity contribution is 7.53. The summed E-state index contributed by atoms with van der Waals surface area (Å²) < 4.78 is 21.5. The van der Waals surface area contributed by atoms with E-state index in [2.05, 4.69) is 0 Å². The van der Waals surface area contributed by atoms with Crippen molar-refractivity contribution in [2.75, 3.05) is 13.0 Å². The lowest BCUT2D eigenvalue weighted by molar-refractivity contribution is -0.108. The first kappa shape index (κ1) is 16.9. The third kappa shape index (κ3) is 6.35. The first-order valence-electron chi connectivity index (χ1n) is 6.06. The van der Waals surface area contributed by atoms with Crippen LogP contribution in [0.4, 0.5) is 0 Å². The van der Waals surface area contributed by atoms with E-state index >= 15 is 0 Å². The highest BCUT2D eigenvalue weighted by Gasteiger charge is 2.21. The molecule has 2 atom stereocenters. The highest BCUT2D eigenvalue weighted by atomic mass is 31.2. The third-order valence-corrected chi connectivity index (χ3v) is 3.34. The summed E-state index contributed by atoms with van der Waals surface area (Å²) in [4.78, 5) is 20.0. The molecule has 20 heavy (non-hydrogen) atoms. The highest BCUT2D eigenvalue weighted by Crippen LogP contribution is 2.42. The van der Waals surface area contributed by atoms with E-state index in [1.807, 2.05) is 0 Å². The maximum absolute atomic E-state index is 11.7. The molecule has 2 unspecified atom stereocenters. The summed E-state index contributed by atoms with van der Waals surface area (Å²) in [7, 11) is 1.35. The summed E-state index contributed by atoms with van der Waals surface area (Å²) in [5.74, 6) is 0.246. The molecule has 1 rings (SSSR count). The fraction of sp³-hybridized carbons (Fsp3) is 0.417. The molecule has 0 bridgehead atoms. The SMILES string of the molecule is [B]CCOCP(=O)(O)Oc1ccc(CC(N)C=O)cc1. The van der Waals surface area contributed by atoms with Gasteiger partial charge in [-0.3, -0.25) is 0 Å². The lowest BCUT2D eigenvalue weighted by Gasteiger charge is -2.14. The van der Waals surface area contributed by atoms with Gasteiger partial charge in [0.15, 0.2) is 6.35 Å². The number of nitrogens with two attached hydrogens (primary N) is 1. The van der Waals surface area contributed by atoms with Gasteiger partial charge in [-0.1, -0.05) is 18.5 Å². The van der Waals surface area contributed by atoms with Crippen LogP contribution in [0.5, 0.6) is 5.75 Å². The molecule has 108 valence electrons. The molecule has 0 aliphatic carbocycles. The van der Waals surface area contributed by atoms with Crippen LogP contribution in [0.2, 0.25) is 6.32 Å². The minimum atomic E-state index is -3.85. The Morgan fingerprint density at radius 2 is 2.05 bits per heavy atom. The number of benzene rings is 1. The second-order valence-corrected chi connectivity index (χ2v) is 5.92. The predicted molar refractivity (Wildman–Crippen MR) is 76.0 cm³/mol. The van der Waals surface area contributed by atoms with E-state index in [1.165, 1.54) is 0 Å². The molecular weight excluding hydrogens is 280 g/mol. The van der Waals surface area contributed by atoms with Crippen LogP contribution in [0, 0.1) is 0 Å². The van der Waals surface area contributed by atoms with Crippen molar-refractivity contribution in [3.8, 4) is 5.75 Å². The number of carbonyl (C=O) groups excluding carboxylic acids is 1. The van der Waals surface area contributed by atoms with Crippen LogP contribution in [-0.2, 0) is 20.5 Å². The zero-order chi connectivity index (χ0) is 15.0. The van der Waals surface area contributed by atoms with E-state index in [1.54, 1.807) is 24.3 Å². The van der Waals surface area contributed by atoms with Crippen molar-refractivity contribution < 1.29 is 23.5 Å². The Morgan fingerprint density at radius 3 is 2.60 bits per heavy atom. The van der Waals surface area contributed by atoms with Crippen molar-refractivity contribution in [3.05, 3.63) is 29.8 Å². The molecule has 0 spiro atoms. The van der Waals surface area contributed by atoms with Crippen LogP contribution >= 0.6 is 7.60 Å². The molecule has 0 aromatic heterocycles. The maximum atomic E-state index is 11.7. The number of aldehydes is 1. The Kier molecular flexibility index (Phi) is 6.95. The van der Waals surface area contributed by atoms with Crippen LogP contribution in [0.25, 0.3) is 0 Å². The fourth-order valence-corrected chi connectivity index (χ4v) is 2.32. The predicted octanol–water partition coefficient (Wildman–Crippen LogP) is 0.880. The second-order valence-electron chi connectivity index (χ2n) is 4.20. The molecule has 0 aliphatic heterocycles. The smallest absolute Gasteiger partial charge is 0.402 e. The van der Waals surface area contributed by atoms with Crippen molar-refractivity contribution in [3.63, 3.8) is 0 Å². The Bertz CT molecular complexity index is 467. The Morgan fingerprint density at radius 1 is 1.40 bits per heavy atom. The van der Waals surface area contributed by atoms with Gasteiger partial charge in [0.25, 0.3) is 0 Å². The molecule has 0 heterocycles. The lowest BCUT2D eigenvalue weighted by Crippen LogP contribution is -2.23. The second kappa shape index (κ2) is 8.22. The van der Waals surface area contributed by atoms with Crippen LogP contribution in [0.1, 0.15) is 5.56 Å². The van der Waals surface area contributed by atoms with Crippen molar-refractivity contribution in [2.24, 2.45) is 5.73 Å². The van der Waals surface area contributed by atoms with Crippen LogP contribution in [0.15, 0.2) is 24.3 Å². The molecule has 6 nitrogen and oxygen atoms in total. The Balaban J connectivity index is 2.56. The molecular formula is C12H17BNO5P. The fourth-order valence-electron chi connectivity index (χ4n) is 1.46. The zero-order valence-electron chi connectivity index (χ0n) is 11.0. The monoisotopic (exact) mass is 297 g/mol. The molecule has 0 saturated carbocycles. The van der Waals surface area contributed by atoms with E-state index in [0.717, 1.165) is 5.56 Å². The number of rotatable bonds is 9. The van der Waals surface area contributed by atoms with Gasteiger partial charge in [0, 0.05) is 6.61 Å². The number of hydrogen-bond donors (Lipinski definition) is 2.